The molecule has 126 valence electrons. The zero-order valence-corrected chi connectivity index (χ0v) is 15.2. The standard InChI is InChI=1S/C18H20BrN3O2/c1-2-22-17(16(19)13-20-22)7-8-18(23)14-3-5-15(6-4-14)21-9-11-24-12-10-21/h3-8,13H,2,9-12H2,1H3/b8-7+. The average Bonchev–Trinajstić information content (AvgIpc) is 3.00. The van der Waals surface area contributed by atoms with Crippen LogP contribution in [0.4, 0.5) is 5.69 Å². The van der Waals surface area contributed by atoms with Gasteiger partial charge in [-0.2, -0.15) is 5.10 Å². The first-order valence-corrected chi connectivity index (χ1v) is 8.85. The Morgan fingerprint density at radius 2 is 2.00 bits per heavy atom. The van der Waals surface area contributed by atoms with Gasteiger partial charge in [0, 0.05) is 30.9 Å². The minimum atomic E-state index is -0.0146. The van der Waals surface area contributed by atoms with Crippen molar-refractivity contribution in [3.05, 3.63) is 52.3 Å². The van der Waals surface area contributed by atoms with Crippen LogP contribution in [0.3, 0.4) is 0 Å². The van der Waals surface area contributed by atoms with Gasteiger partial charge < -0.3 is 9.64 Å². The van der Waals surface area contributed by atoms with E-state index in [2.05, 4.69) is 25.9 Å². The van der Waals surface area contributed by atoms with Crippen molar-refractivity contribution in [1.29, 1.82) is 0 Å². The number of aryl methyl sites for hydroxylation is 1. The van der Waals surface area contributed by atoms with E-state index in [9.17, 15) is 4.79 Å². The number of nitrogens with zero attached hydrogens (tertiary/aromatic N) is 3. The lowest BCUT2D eigenvalue weighted by atomic mass is 10.1. The molecule has 0 amide bonds. The summed E-state index contributed by atoms with van der Waals surface area (Å²) < 4.78 is 8.09. The molecule has 1 aromatic carbocycles. The zero-order valence-electron chi connectivity index (χ0n) is 13.6. The third kappa shape index (κ3) is 3.76. The fourth-order valence-electron chi connectivity index (χ4n) is 2.70. The van der Waals surface area contributed by atoms with Crippen molar-refractivity contribution in [2.24, 2.45) is 0 Å². The lowest BCUT2D eigenvalue weighted by Crippen LogP contribution is -2.36. The van der Waals surface area contributed by atoms with E-state index in [1.807, 2.05) is 35.9 Å². The van der Waals surface area contributed by atoms with Crippen molar-refractivity contribution in [1.82, 2.24) is 9.78 Å². The quantitative estimate of drug-likeness (QED) is 0.580. The van der Waals surface area contributed by atoms with Crippen LogP contribution in [0.2, 0.25) is 0 Å². The Morgan fingerprint density at radius 3 is 2.67 bits per heavy atom. The molecule has 1 aromatic heterocycles. The minimum absolute atomic E-state index is 0.0146. The predicted octanol–water partition coefficient (Wildman–Crippen LogP) is 3.40. The second kappa shape index (κ2) is 7.77. The molecule has 0 unspecified atom stereocenters. The first-order valence-electron chi connectivity index (χ1n) is 8.05. The highest BCUT2D eigenvalue weighted by Crippen LogP contribution is 2.19. The summed E-state index contributed by atoms with van der Waals surface area (Å²) in [7, 11) is 0. The minimum Gasteiger partial charge on any atom is -0.378 e. The fourth-order valence-corrected chi connectivity index (χ4v) is 3.13. The number of anilines is 1. The van der Waals surface area contributed by atoms with Crippen LogP contribution in [0.15, 0.2) is 41.0 Å². The van der Waals surface area contributed by atoms with Crippen LogP contribution in [0.25, 0.3) is 6.08 Å². The Morgan fingerprint density at radius 1 is 1.29 bits per heavy atom. The van der Waals surface area contributed by atoms with Crippen molar-refractivity contribution in [2.75, 3.05) is 31.2 Å². The Kier molecular flexibility index (Phi) is 5.48. The van der Waals surface area contributed by atoms with Crippen LogP contribution >= 0.6 is 15.9 Å². The normalized spacial score (nSPS) is 15.2. The fraction of sp³-hybridized carbons (Fsp3) is 0.333. The molecule has 1 fully saturated rings. The second-order valence-electron chi connectivity index (χ2n) is 5.54. The van der Waals surface area contributed by atoms with Gasteiger partial charge in [-0.1, -0.05) is 0 Å². The molecule has 24 heavy (non-hydrogen) atoms. The van der Waals surface area contributed by atoms with Crippen LogP contribution < -0.4 is 4.90 Å². The summed E-state index contributed by atoms with van der Waals surface area (Å²) in [6, 6.07) is 7.75. The number of ether oxygens (including phenoxy) is 1. The maximum absolute atomic E-state index is 12.4. The summed E-state index contributed by atoms with van der Waals surface area (Å²) in [5.41, 5.74) is 2.71. The van der Waals surface area contributed by atoms with Crippen molar-refractivity contribution in [3.8, 4) is 0 Å². The number of hydrogen-bond donors (Lipinski definition) is 0. The van der Waals surface area contributed by atoms with E-state index in [-0.39, 0.29) is 5.78 Å². The first kappa shape index (κ1) is 16.9. The molecular weight excluding hydrogens is 370 g/mol. The van der Waals surface area contributed by atoms with Gasteiger partial charge in [0.05, 0.1) is 29.6 Å². The van der Waals surface area contributed by atoms with Crippen molar-refractivity contribution in [3.63, 3.8) is 0 Å². The molecule has 0 radical (unpaired) electrons. The van der Waals surface area contributed by atoms with E-state index in [1.54, 1.807) is 18.3 Å². The number of halogens is 1. The molecule has 0 aliphatic carbocycles. The number of morpholine rings is 1. The van der Waals surface area contributed by atoms with E-state index in [0.29, 0.717) is 5.56 Å². The molecule has 0 spiro atoms. The van der Waals surface area contributed by atoms with Crippen LogP contribution in [0.5, 0.6) is 0 Å². The zero-order chi connectivity index (χ0) is 16.9. The molecule has 1 aliphatic rings. The molecule has 0 N–H and O–H groups in total. The van der Waals surface area contributed by atoms with Crippen LogP contribution in [-0.4, -0.2) is 41.9 Å². The summed E-state index contributed by atoms with van der Waals surface area (Å²) in [6.45, 7) is 6.06. The van der Waals surface area contributed by atoms with Gasteiger partial charge >= 0.3 is 0 Å². The van der Waals surface area contributed by atoms with Gasteiger partial charge in [0.1, 0.15) is 0 Å². The van der Waals surface area contributed by atoms with E-state index in [0.717, 1.165) is 48.7 Å². The summed E-state index contributed by atoms with van der Waals surface area (Å²) in [5.74, 6) is -0.0146. The van der Waals surface area contributed by atoms with Crippen molar-refractivity contribution < 1.29 is 9.53 Å². The number of carbonyl (C=O) groups excluding carboxylic acids is 1. The number of aromatic nitrogens is 2. The first-order chi connectivity index (χ1) is 11.7. The van der Waals surface area contributed by atoms with E-state index < -0.39 is 0 Å². The van der Waals surface area contributed by atoms with Gasteiger partial charge in [0.15, 0.2) is 5.78 Å². The van der Waals surface area contributed by atoms with Crippen molar-refractivity contribution >= 4 is 33.5 Å². The van der Waals surface area contributed by atoms with Gasteiger partial charge in [-0.25, -0.2) is 0 Å². The van der Waals surface area contributed by atoms with Crippen LogP contribution in [0.1, 0.15) is 23.0 Å². The summed E-state index contributed by atoms with van der Waals surface area (Å²) in [5, 5.41) is 4.24. The smallest absolute Gasteiger partial charge is 0.185 e. The average molecular weight is 390 g/mol. The number of ketones is 1. The molecule has 1 saturated heterocycles. The Balaban J connectivity index is 1.70. The maximum Gasteiger partial charge on any atom is 0.185 e. The lowest BCUT2D eigenvalue weighted by Gasteiger charge is -2.28. The largest absolute Gasteiger partial charge is 0.378 e. The Bertz CT molecular complexity index is 731. The third-order valence-electron chi connectivity index (χ3n) is 4.05. The number of allylic oxidation sites excluding steroid dienone is 1. The van der Waals surface area contributed by atoms with Crippen molar-refractivity contribution in [2.45, 2.75) is 13.5 Å². The molecular formula is C18H20BrN3O2. The lowest BCUT2D eigenvalue weighted by molar-refractivity contribution is 0.104. The summed E-state index contributed by atoms with van der Waals surface area (Å²) in [4.78, 5) is 14.6. The van der Waals surface area contributed by atoms with Gasteiger partial charge in [-0.05, 0) is 59.3 Å². The monoisotopic (exact) mass is 389 g/mol. The highest BCUT2D eigenvalue weighted by Gasteiger charge is 2.12. The van der Waals surface area contributed by atoms with E-state index in [1.165, 1.54) is 0 Å². The molecule has 0 saturated carbocycles. The summed E-state index contributed by atoms with van der Waals surface area (Å²) in [6.07, 6.45) is 5.14. The molecule has 3 rings (SSSR count). The topological polar surface area (TPSA) is 47.4 Å². The van der Waals surface area contributed by atoms with Gasteiger partial charge in [0.25, 0.3) is 0 Å². The molecule has 2 heterocycles. The molecule has 2 aromatic rings. The number of hydrogen-bond acceptors (Lipinski definition) is 4. The number of benzene rings is 1. The predicted molar refractivity (Wildman–Crippen MR) is 98.4 cm³/mol. The number of rotatable bonds is 5. The Hall–Kier alpha value is -1.92. The highest BCUT2D eigenvalue weighted by molar-refractivity contribution is 9.10. The molecule has 0 bridgehead atoms. The summed E-state index contributed by atoms with van der Waals surface area (Å²) >= 11 is 3.46. The van der Waals surface area contributed by atoms with Gasteiger partial charge in [-0.3, -0.25) is 9.48 Å². The SMILES string of the molecule is CCn1ncc(Br)c1/C=C/C(=O)c1ccc(N2CCOCC2)cc1. The second-order valence-corrected chi connectivity index (χ2v) is 6.39. The van der Waals surface area contributed by atoms with Gasteiger partial charge in [-0.15, -0.1) is 0 Å². The van der Waals surface area contributed by atoms with Crippen LogP contribution in [0, 0.1) is 0 Å². The van der Waals surface area contributed by atoms with Crippen LogP contribution in [-0.2, 0) is 11.3 Å². The molecule has 0 atom stereocenters. The molecule has 1 aliphatic heterocycles. The number of carbonyl (C=O) groups is 1. The van der Waals surface area contributed by atoms with E-state index >= 15 is 0 Å². The van der Waals surface area contributed by atoms with E-state index in [4.69, 9.17) is 4.74 Å². The third-order valence-corrected chi connectivity index (χ3v) is 4.66. The molecule has 5 nitrogen and oxygen atoms in total. The molecule has 6 heteroatoms. The Labute approximate surface area is 150 Å². The van der Waals surface area contributed by atoms with Gasteiger partial charge in [0.2, 0.25) is 0 Å². The maximum atomic E-state index is 12.4. The highest BCUT2D eigenvalue weighted by atomic mass is 79.9.